The Morgan fingerprint density at radius 2 is 1.88 bits per heavy atom. The van der Waals surface area contributed by atoms with Gasteiger partial charge in [-0.05, 0) is 13.3 Å². The third kappa shape index (κ3) is 3.14. The van der Waals surface area contributed by atoms with E-state index in [0.717, 1.165) is 6.92 Å². The number of carbonyl (C=O) groups is 2. The number of hydrogen-bond acceptors (Lipinski definition) is 6. The van der Waals surface area contributed by atoms with Gasteiger partial charge < -0.3 is 21.7 Å². The summed E-state index contributed by atoms with van der Waals surface area (Å²) in [7, 11) is 0. The van der Waals surface area contributed by atoms with Crippen molar-refractivity contribution in [3.8, 4) is 0 Å². The average Bonchev–Trinajstić information content (AvgIpc) is 2.15. The number of nitrogens with two attached hydrogens (primary N) is 2. The number of hydroxylamine groups is 2. The lowest BCUT2D eigenvalue weighted by atomic mass is 10.1. The van der Waals surface area contributed by atoms with Crippen LogP contribution in [-0.4, -0.2) is 50.2 Å². The van der Waals surface area contributed by atoms with Crippen LogP contribution in [0.1, 0.15) is 20.3 Å². The van der Waals surface area contributed by atoms with Gasteiger partial charge in [0.2, 0.25) is 0 Å². The third-order valence-electron chi connectivity index (χ3n) is 2.16. The molecule has 0 saturated heterocycles. The van der Waals surface area contributed by atoms with Crippen LogP contribution in [0.3, 0.4) is 0 Å². The molecule has 0 aliphatic rings. The molecular formula is C8H17N3O5. The van der Waals surface area contributed by atoms with E-state index in [1.54, 1.807) is 0 Å². The van der Waals surface area contributed by atoms with E-state index in [-0.39, 0.29) is 11.5 Å². The predicted molar refractivity (Wildman–Crippen MR) is 53.1 cm³/mol. The highest BCUT2D eigenvalue weighted by atomic mass is 16.5. The molecule has 0 radical (unpaired) electrons. The van der Waals surface area contributed by atoms with Gasteiger partial charge in [-0.15, -0.1) is 0 Å². The molecule has 0 rings (SSSR count). The second-order valence-electron chi connectivity index (χ2n) is 3.57. The van der Waals surface area contributed by atoms with Crippen LogP contribution >= 0.6 is 0 Å². The van der Waals surface area contributed by atoms with Crippen molar-refractivity contribution in [3.05, 3.63) is 0 Å². The zero-order valence-electron chi connectivity index (χ0n) is 9.12. The van der Waals surface area contributed by atoms with E-state index in [4.69, 9.17) is 21.7 Å². The molecule has 0 aromatic carbocycles. The van der Waals surface area contributed by atoms with E-state index in [1.807, 2.05) is 0 Å². The van der Waals surface area contributed by atoms with Gasteiger partial charge in [-0.2, -0.15) is 0 Å². The van der Waals surface area contributed by atoms with Crippen molar-refractivity contribution in [1.82, 2.24) is 5.06 Å². The van der Waals surface area contributed by atoms with Crippen LogP contribution in [-0.2, 0) is 9.59 Å². The minimum absolute atomic E-state index is 0.00897. The maximum absolute atomic E-state index is 11.5. The summed E-state index contributed by atoms with van der Waals surface area (Å²) in [6.45, 7) is 2.62. The first kappa shape index (κ1) is 14.8. The molecule has 2 atom stereocenters. The molecule has 0 unspecified atom stereocenters. The SMILES string of the molecule is CCC(N)(N)C(=O)N(O)[C@H](C(=O)O)[C@@H](C)O. The molecule has 0 saturated carbocycles. The van der Waals surface area contributed by atoms with Gasteiger partial charge in [0, 0.05) is 0 Å². The highest BCUT2D eigenvalue weighted by Crippen LogP contribution is 2.09. The topological polar surface area (TPSA) is 150 Å². The second kappa shape index (κ2) is 5.21. The average molecular weight is 235 g/mol. The number of carboxylic acids is 1. The van der Waals surface area contributed by atoms with Gasteiger partial charge in [0.05, 0.1) is 6.10 Å². The minimum Gasteiger partial charge on any atom is -0.480 e. The van der Waals surface area contributed by atoms with Crippen molar-refractivity contribution in [3.63, 3.8) is 0 Å². The minimum atomic E-state index is -1.86. The van der Waals surface area contributed by atoms with E-state index in [0.29, 0.717) is 0 Å². The van der Waals surface area contributed by atoms with Crippen LogP contribution in [0, 0.1) is 0 Å². The fourth-order valence-electron chi connectivity index (χ4n) is 1.01. The summed E-state index contributed by atoms with van der Waals surface area (Å²) in [6, 6.07) is -1.80. The van der Waals surface area contributed by atoms with E-state index >= 15 is 0 Å². The lowest BCUT2D eigenvalue weighted by Gasteiger charge is -2.30. The van der Waals surface area contributed by atoms with Crippen LogP contribution in [0.15, 0.2) is 0 Å². The van der Waals surface area contributed by atoms with Gasteiger partial charge in [-0.25, -0.2) is 9.86 Å². The Morgan fingerprint density at radius 3 is 2.12 bits per heavy atom. The lowest BCUT2D eigenvalue weighted by Crippen LogP contribution is -2.64. The van der Waals surface area contributed by atoms with Gasteiger partial charge in [-0.3, -0.25) is 10.0 Å². The van der Waals surface area contributed by atoms with Crippen LogP contribution in [0.2, 0.25) is 0 Å². The Morgan fingerprint density at radius 1 is 1.44 bits per heavy atom. The zero-order valence-corrected chi connectivity index (χ0v) is 9.12. The molecule has 0 heterocycles. The fourth-order valence-corrected chi connectivity index (χ4v) is 1.01. The maximum Gasteiger partial charge on any atom is 0.331 e. The fraction of sp³-hybridized carbons (Fsp3) is 0.750. The molecular weight excluding hydrogens is 218 g/mol. The molecule has 0 spiro atoms. The van der Waals surface area contributed by atoms with Crippen LogP contribution < -0.4 is 11.5 Å². The Labute approximate surface area is 92.4 Å². The largest absolute Gasteiger partial charge is 0.480 e. The molecule has 1 amide bonds. The normalized spacial score (nSPS) is 15.4. The first-order valence-electron chi connectivity index (χ1n) is 4.66. The highest BCUT2D eigenvalue weighted by Gasteiger charge is 2.40. The van der Waals surface area contributed by atoms with Crippen molar-refractivity contribution in [1.29, 1.82) is 0 Å². The number of nitrogens with zero attached hydrogens (tertiary/aromatic N) is 1. The molecule has 0 aromatic heterocycles. The van der Waals surface area contributed by atoms with Gasteiger partial charge in [-0.1, -0.05) is 6.92 Å². The van der Waals surface area contributed by atoms with E-state index in [2.05, 4.69) is 0 Å². The van der Waals surface area contributed by atoms with Crippen molar-refractivity contribution in [2.75, 3.05) is 0 Å². The van der Waals surface area contributed by atoms with E-state index < -0.39 is 29.7 Å². The summed E-state index contributed by atoms with van der Waals surface area (Å²) in [5.41, 5.74) is 8.84. The lowest BCUT2D eigenvalue weighted by molar-refractivity contribution is -0.199. The number of carbonyl (C=O) groups excluding carboxylic acids is 1. The summed E-state index contributed by atoms with van der Waals surface area (Å²) < 4.78 is 0. The molecule has 0 aliphatic heterocycles. The van der Waals surface area contributed by atoms with Gasteiger partial charge >= 0.3 is 5.97 Å². The summed E-state index contributed by atoms with van der Waals surface area (Å²) in [5, 5.41) is 27.1. The number of aliphatic hydroxyl groups excluding tert-OH is 1. The molecule has 8 heteroatoms. The van der Waals surface area contributed by atoms with Gasteiger partial charge in [0.1, 0.15) is 5.66 Å². The van der Waals surface area contributed by atoms with Crippen molar-refractivity contribution < 1.29 is 25.0 Å². The van der Waals surface area contributed by atoms with Crippen molar-refractivity contribution >= 4 is 11.9 Å². The van der Waals surface area contributed by atoms with Gasteiger partial charge in [0.25, 0.3) is 5.91 Å². The first-order valence-corrected chi connectivity index (χ1v) is 4.66. The Kier molecular flexibility index (Phi) is 4.81. The number of rotatable bonds is 5. The van der Waals surface area contributed by atoms with Crippen molar-refractivity contribution in [2.24, 2.45) is 11.5 Å². The molecule has 16 heavy (non-hydrogen) atoms. The quantitative estimate of drug-likeness (QED) is 0.211. The number of aliphatic hydroxyl groups is 1. The standard InChI is InChI=1S/C8H17N3O5/c1-3-8(9,10)7(15)11(16)5(4(2)12)6(13)14/h4-5,12,16H,3,9-10H2,1-2H3,(H,13,14)/t4-,5+/m1/s1. The molecule has 94 valence electrons. The zero-order chi connectivity index (χ0) is 13.1. The summed E-state index contributed by atoms with van der Waals surface area (Å²) in [6.07, 6.45) is -1.45. The molecule has 7 N–H and O–H groups in total. The molecule has 0 fully saturated rings. The Balaban J connectivity index is 4.96. The van der Waals surface area contributed by atoms with Gasteiger partial charge in [0.15, 0.2) is 6.04 Å². The van der Waals surface area contributed by atoms with Crippen LogP contribution in [0.4, 0.5) is 0 Å². The molecule has 8 nitrogen and oxygen atoms in total. The van der Waals surface area contributed by atoms with Crippen LogP contribution in [0.5, 0.6) is 0 Å². The van der Waals surface area contributed by atoms with E-state index in [9.17, 15) is 14.8 Å². The highest BCUT2D eigenvalue weighted by molar-refractivity contribution is 5.88. The summed E-state index contributed by atoms with van der Waals surface area (Å²) >= 11 is 0. The summed E-state index contributed by atoms with van der Waals surface area (Å²) in [5.74, 6) is -2.72. The number of aliphatic carboxylic acids is 1. The maximum atomic E-state index is 11.5. The Hall–Kier alpha value is -1.22. The third-order valence-corrected chi connectivity index (χ3v) is 2.16. The molecule has 0 aromatic rings. The second-order valence-corrected chi connectivity index (χ2v) is 3.57. The van der Waals surface area contributed by atoms with E-state index in [1.165, 1.54) is 6.92 Å². The monoisotopic (exact) mass is 235 g/mol. The predicted octanol–water partition coefficient (Wildman–Crippen LogP) is -1.94. The Bertz CT molecular complexity index is 279. The van der Waals surface area contributed by atoms with Crippen molar-refractivity contribution in [2.45, 2.75) is 38.1 Å². The number of amides is 1. The number of carboxylic acid groups (broad SMARTS) is 1. The smallest absolute Gasteiger partial charge is 0.331 e. The number of hydrogen-bond donors (Lipinski definition) is 5. The van der Waals surface area contributed by atoms with Crippen LogP contribution in [0.25, 0.3) is 0 Å². The molecule has 0 bridgehead atoms. The summed E-state index contributed by atoms with van der Waals surface area (Å²) in [4.78, 5) is 22.2. The molecule has 0 aliphatic carbocycles. The first-order chi connectivity index (χ1) is 7.15.